The highest BCUT2D eigenvalue weighted by molar-refractivity contribution is 8.14. The lowest BCUT2D eigenvalue weighted by molar-refractivity contribution is 0.303. The molecule has 0 bridgehead atoms. The number of amidine groups is 1. The standard InChI is InChI=1S/C14H25N3S/c1-17(12-5-6-12)10-9-15-13-16-14(11-18-13)7-3-2-4-8-14/h12H,2-11H2,1H3,(H,15,16). The van der Waals surface area contributed by atoms with Gasteiger partial charge in [-0.05, 0) is 32.7 Å². The second-order valence-electron chi connectivity index (χ2n) is 6.15. The van der Waals surface area contributed by atoms with E-state index < -0.39 is 0 Å². The molecule has 3 fully saturated rings. The van der Waals surface area contributed by atoms with E-state index in [4.69, 9.17) is 4.99 Å². The van der Waals surface area contributed by atoms with Gasteiger partial charge >= 0.3 is 0 Å². The topological polar surface area (TPSA) is 27.6 Å². The van der Waals surface area contributed by atoms with Crippen LogP contribution in [0.2, 0.25) is 0 Å². The molecule has 102 valence electrons. The summed E-state index contributed by atoms with van der Waals surface area (Å²) in [6.45, 7) is 2.07. The molecule has 4 heteroatoms. The van der Waals surface area contributed by atoms with Gasteiger partial charge in [-0.25, -0.2) is 0 Å². The maximum absolute atomic E-state index is 4.75. The number of nitrogens with one attached hydrogen (secondary N) is 1. The third-order valence-corrected chi connectivity index (χ3v) is 5.75. The van der Waals surface area contributed by atoms with Gasteiger partial charge in [0.1, 0.15) is 0 Å². The maximum atomic E-state index is 4.75. The molecule has 3 rings (SSSR count). The predicted octanol–water partition coefficient (Wildman–Crippen LogP) is 2.48. The Labute approximate surface area is 115 Å². The first kappa shape index (κ1) is 12.8. The predicted molar refractivity (Wildman–Crippen MR) is 79.4 cm³/mol. The van der Waals surface area contributed by atoms with Crippen molar-refractivity contribution in [2.24, 2.45) is 4.99 Å². The van der Waals surface area contributed by atoms with Gasteiger partial charge in [-0.2, -0.15) is 0 Å². The molecule has 18 heavy (non-hydrogen) atoms. The van der Waals surface area contributed by atoms with E-state index in [1.54, 1.807) is 0 Å². The fraction of sp³-hybridized carbons (Fsp3) is 0.929. The molecule has 1 aliphatic heterocycles. The third kappa shape index (κ3) is 3.02. The number of rotatable bonds is 4. The number of hydrogen-bond acceptors (Lipinski definition) is 3. The van der Waals surface area contributed by atoms with Gasteiger partial charge in [0.2, 0.25) is 0 Å². The fourth-order valence-corrected chi connectivity index (χ4v) is 4.34. The van der Waals surface area contributed by atoms with Crippen molar-refractivity contribution in [3.05, 3.63) is 0 Å². The molecule has 1 N–H and O–H groups in total. The molecule has 2 aliphatic carbocycles. The molecule has 0 amide bonds. The Balaban J connectivity index is 1.45. The molecule has 3 aliphatic rings. The van der Waals surface area contributed by atoms with E-state index in [1.807, 2.05) is 11.8 Å². The summed E-state index contributed by atoms with van der Waals surface area (Å²) in [4.78, 5) is 7.21. The van der Waals surface area contributed by atoms with E-state index >= 15 is 0 Å². The number of likely N-dealkylation sites (N-methyl/N-ethyl adjacent to an activating group) is 1. The first-order valence-electron chi connectivity index (χ1n) is 7.43. The molecule has 0 unspecified atom stereocenters. The van der Waals surface area contributed by atoms with Gasteiger partial charge in [0.25, 0.3) is 0 Å². The Kier molecular flexibility index (Phi) is 3.85. The highest BCUT2D eigenvalue weighted by Gasteiger charge is 2.37. The van der Waals surface area contributed by atoms with Crippen molar-refractivity contribution < 1.29 is 0 Å². The molecular formula is C14H25N3S. The molecule has 1 saturated heterocycles. The van der Waals surface area contributed by atoms with E-state index in [-0.39, 0.29) is 0 Å². The molecule has 2 saturated carbocycles. The lowest BCUT2D eigenvalue weighted by Crippen LogP contribution is -2.45. The van der Waals surface area contributed by atoms with Crippen LogP contribution < -0.4 is 5.32 Å². The second kappa shape index (κ2) is 5.41. The number of hydrogen-bond donors (Lipinski definition) is 1. The average Bonchev–Trinajstić information content (AvgIpc) is 3.16. The minimum Gasteiger partial charge on any atom is -0.359 e. The number of thioether (sulfide) groups is 1. The Bertz CT molecular complexity index is 319. The molecule has 0 radical (unpaired) electrons. The quantitative estimate of drug-likeness (QED) is 0.848. The fourth-order valence-electron chi connectivity index (χ4n) is 3.10. The van der Waals surface area contributed by atoms with Crippen molar-refractivity contribution in [2.75, 3.05) is 25.9 Å². The Morgan fingerprint density at radius 1 is 1.33 bits per heavy atom. The Hall–Kier alpha value is -0.220. The maximum Gasteiger partial charge on any atom is 0.157 e. The van der Waals surface area contributed by atoms with Crippen LogP contribution in [0.15, 0.2) is 4.99 Å². The van der Waals surface area contributed by atoms with Crippen LogP contribution in [0.3, 0.4) is 0 Å². The van der Waals surface area contributed by atoms with Crippen LogP contribution in [0.25, 0.3) is 0 Å². The largest absolute Gasteiger partial charge is 0.359 e. The molecule has 0 aromatic carbocycles. The first-order chi connectivity index (χ1) is 8.77. The summed E-state index contributed by atoms with van der Waals surface area (Å²) >= 11 is 1.94. The Morgan fingerprint density at radius 3 is 2.83 bits per heavy atom. The van der Waals surface area contributed by atoms with E-state index in [0.717, 1.165) is 19.1 Å². The van der Waals surface area contributed by atoms with E-state index in [0.29, 0.717) is 5.54 Å². The van der Waals surface area contributed by atoms with Gasteiger partial charge in [0, 0.05) is 23.9 Å². The zero-order valence-electron chi connectivity index (χ0n) is 11.5. The normalized spacial score (nSPS) is 29.1. The second-order valence-corrected chi connectivity index (χ2v) is 7.12. The zero-order valence-corrected chi connectivity index (χ0v) is 12.3. The van der Waals surface area contributed by atoms with E-state index in [1.165, 1.54) is 55.9 Å². The number of nitrogens with zero attached hydrogens (tertiary/aromatic N) is 2. The van der Waals surface area contributed by atoms with Crippen LogP contribution in [0.1, 0.15) is 44.9 Å². The van der Waals surface area contributed by atoms with Crippen LogP contribution in [-0.2, 0) is 0 Å². The molecule has 0 aromatic rings. The number of aliphatic imine (C=N–C) groups is 1. The lowest BCUT2D eigenvalue weighted by Gasteiger charge is -2.32. The van der Waals surface area contributed by atoms with Crippen molar-refractivity contribution in [3.8, 4) is 0 Å². The summed E-state index contributed by atoms with van der Waals surface area (Å²) in [6, 6.07) is 0.860. The minimum atomic E-state index is 0.407. The van der Waals surface area contributed by atoms with Crippen LogP contribution in [-0.4, -0.2) is 47.5 Å². The van der Waals surface area contributed by atoms with Gasteiger partial charge in [-0.1, -0.05) is 31.0 Å². The van der Waals surface area contributed by atoms with Gasteiger partial charge < -0.3 is 10.2 Å². The molecule has 1 spiro atoms. The highest BCUT2D eigenvalue weighted by atomic mass is 32.2. The minimum absolute atomic E-state index is 0.407. The van der Waals surface area contributed by atoms with Crippen molar-refractivity contribution in [2.45, 2.75) is 56.5 Å². The van der Waals surface area contributed by atoms with Gasteiger partial charge in [0.15, 0.2) is 5.17 Å². The van der Waals surface area contributed by atoms with Gasteiger partial charge in [0.05, 0.1) is 6.54 Å². The Morgan fingerprint density at radius 2 is 2.11 bits per heavy atom. The van der Waals surface area contributed by atoms with Crippen molar-refractivity contribution >= 4 is 16.9 Å². The van der Waals surface area contributed by atoms with Crippen molar-refractivity contribution in [1.82, 2.24) is 10.2 Å². The van der Waals surface area contributed by atoms with E-state index in [2.05, 4.69) is 17.3 Å². The SMILES string of the molecule is CN(CCN=C1NC2(CCCCC2)CS1)C1CC1. The average molecular weight is 267 g/mol. The zero-order chi connectivity index (χ0) is 12.4. The van der Waals surface area contributed by atoms with Crippen LogP contribution in [0, 0.1) is 0 Å². The van der Waals surface area contributed by atoms with Crippen molar-refractivity contribution in [1.29, 1.82) is 0 Å². The molecular weight excluding hydrogens is 242 g/mol. The first-order valence-corrected chi connectivity index (χ1v) is 8.42. The third-order valence-electron chi connectivity index (χ3n) is 4.55. The summed E-state index contributed by atoms with van der Waals surface area (Å²) in [5.74, 6) is 1.24. The monoisotopic (exact) mass is 267 g/mol. The smallest absolute Gasteiger partial charge is 0.157 e. The molecule has 0 atom stereocenters. The molecule has 3 nitrogen and oxygen atoms in total. The van der Waals surface area contributed by atoms with Crippen molar-refractivity contribution in [3.63, 3.8) is 0 Å². The summed E-state index contributed by atoms with van der Waals surface area (Å²) in [5.41, 5.74) is 0.407. The summed E-state index contributed by atoms with van der Waals surface area (Å²) < 4.78 is 0. The van der Waals surface area contributed by atoms with Crippen LogP contribution in [0.5, 0.6) is 0 Å². The van der Waals surface area contributed by atoms with E-state index in [9.17, 15) is 0 Å². The van der Waals surface area contributed by atoms with Crippen LogP contribution >= 0.6 is 11.8 Å². The highest BCUT2D eigenvalue weighted by Crippen LogP contribution is 2.36. The molecule has 0 aromatic heterocycles. The van der Waals surface area contributed by atoms with Gasteiger partial charge in [-0.15, -0.1) is 0 Å². The molecule has 1 heterocycles. The van der Waals surface area contributed by atoms with Gasteiger partial charge in [-0.3, -0.25) is 4.99 Å². The lowest BCUT2D eigenvalue weighted by atomic mass is 9.83. The summed E-state index contributed by atoms with van der Waals surface area (Å²) in [7, 11) is 2.23. The summed E-state index contributed by atoms with van der Waals surface area (Å²) in [5, 5.41) is 4.93. The summed E-state index contributed by atoms with van der Waals surface area (Å²) in [6.07, 6.45) is 9.69. The van der Waals surface area contributed by atoms with Crippen LogP contribution in [0.4, 0.5) is 0 Å².